The summed E-state index contributed by atoms with van der Waals surface area (Å²) in [7, 11) is 1.63. The highest BCUT2D eigenvalue weighted by Crippen LogP contribution is 2.47. The zero-order valence-electron chi connectivity index (χ0n) is 22.7. The molecule has 1 aliphatic heterocycles. The number of amides is 1. The monoisotopic (exact) mass is 525 g/mol. The van der Waals surface area contributed by atoms with Crippen LogP contribution in [0.5, 0.6) is 5.75 Å². The van der Waals surface area contributed by atoms with Crippen LogP contribution in [-0.2, 0) is 4.79 Å². The lowest BCUT2D eigenvalue weighted by molar-refractivity contribution is -0.138. The Morgan fingerprint density at radius 1 is 0.950 bits per heavy atom. The summed E-state index contributed by atoms with van der Waals surface area (Å²) in [5.41, 5.74) is 3.88. The zero-order chi connectivity index (χ0) is 27.7. The van der Waals surface area contributed by atoms with Crippen molar-refractivity contribution in [1.29, 1.82) is 5.26 Å². The van der Waals surface area contributed by atoms with Crippen LogP contribution < -0.4 is 4.74 Å². The summed E-state index contributed by atoms with van der Waals surface area (Å²) in [6.45, 7) is 2.79. The van der Waals surface area contributed by atoms with Crippen molar-refractivity contribution in [1.82, 2.24) is 9.88 Å². The summed E-state index contributed by atoms with van der Waals surface area (Å²) in [4.78, 5) is 19.6. The molecule has 2 heterocycles. The van der Waals surface area contributed by atoms with E-state index in [0.717, 1.165) is 33.8 Å². The van der Waals surface area contributed by atoms with Crippen LogP contribution in [0.15, 0.2) is 103 Å². The Balaban J connectivity index is 1.41. The van der Waals surface area contributed by atoms with E-state index in [2.05, 4.69) is 47.5 Å². The molecule has 1 amide bonds. The maximum absolute atomic E-state index is 14.4. The number of nitrogens with one attached hydrogen (secondary N) is 1. The predicted octanol–water partition coefficient (Wildman–Crippen LogP) is 7.31. The molecule has 0 saturated heterocycles. The van der Waals surface area contributed by atoms with Gasteiger partial charge in [-0.1, -0.05) is 84.9 Å². The third-order valence-corrected chi connectivity index (χ3v) is 8.27. The van der Waals surface area contributed by atoms with Gasteiger partial charge in [0.05, 0.1) is 13.2 Å². The van der Waals surface area contributed by atoms with Gasteiger partial charge in [0.2, 0.25) is 5.91 Å². The fourth-order valence-corrected chi connectivity index (χ4v) is 6.20. The average molecular weight is 526 g/mol. The van der Waals surface area contributed by atoms with E-state index in [0.29, 0.717) is 18.8 Å². The number of carbonyl (C=O) groups is 1. The molecular weight excluding hydrogens is 494 g/mol. The summed E-state index contributed by atoms with van der Waals surface area (Å²) < 4.78 is 5.77. The minimum atomic E-state index is -1.37. The number of rotatable bonds is 6. The van der Waals surface area contributed by atoms with E-state index in [4.69, 9.17) is 4.74 Å². The fourth-order valence-electron chi connectivity index (χ4n) is 6.20. The Morgan fingerprint density at radius 3 is 2.42 bits per heavy atom. The van der Waals surface area contributed by atoms with E-state index in [1.165, 1.54) is 16.5 Å². The first kappa shape index (κ1) is 25.5. The number of nitriles is 1. The molecule has 0 bridgehead atoms. The summed E-state index contributed by atoms with van der Waals surface area (Å²) in [5.74, 6) is -0.0471. The molecule has 4 aromatic carbocycles. The van der Waals surface area contributed by atoms with E-state index >= 15 is 0 Å². The van der Waals surface area contributed by atoms with Crippen LogP contribution in [0, 0.1) is 16.7 Å². The van der Waals surface area contributed by atoms with Crippen molar-refractivity contribution in [3.05, 3.63) is 120 Å². The summed E-state index contributed by atoms with van der Waals surface area (Å²) in [5, 5.41) is 14.1. The molecule has 0 radical (unpaired) electrons. The molecule has 1 N–H and O–H groups in total. The first-order valence-corrected chi connectivity index (χ1v) is 13.6. The third kappa shape index (κ3) is 4.23. The maximum Gasteiger partial charge on any atom is 0.244 e. The Hall–Kier alpha value is -4.82. The van der Waals surface area contributed by atoms with E-state index in [-0.39, 0.29) is 5.91 Å². The summed E-state index contributed by atoms with van der Waals surface area (Å²) in [6, 6.07) is 32.7. The molecule has 40 heavy (non-hydrogen) atoms. The molecular formula is C35H31N3O2. The Bertz CT molecular complexity index is 1790. The van der Waals surface area contributed by atoms with Gasteiger partial charge in [0.25, 0.3) is 0 Å². The van der Waals surface area contributed by atoms with Crippen molar-refractivity contribution < 1.29 is 9.53 Å². The first-order chi connectivity index (χ1) is 19.5. The SMILES string of the molecule is COc1ccccc1C(c1cccc2ccccc12)[C@@](C)(C#N)C(=O)N1CC=C(c2c[nH]c3ccccc23)CC1. The largest absolute Gasteiger partial charge is 0.496 e. The van der Waals surface area contributed by atoms with Crippen molar-refractivity contribution in [3.8, 4) is 11.8 Å². The Morgan fingerprint density at radius 2 is 1.65 bits per heavy atom. The van der Waals surface area contributed by atoms with Crippen LogP contribution in [0.4, 0.5) is 0 Å². The second-order valence-electron chi connectivity index (χ2n) is 10.5. The van der Waals surface area contributed by atoms with Crippen LogP contribution >= 0.6 is 0 Å². The summed E-state index contributed by atoms with van der Waals surface area (Å²) >= 11 is 0. The number of methoxy groups -OCH3 is 1. The van der Waals surface area contributed by atoms with Gasteiger partial charge in [-0.25, -0.2) is 0 Å². The number of fused-ring (bicyclic) bond motifs is 2. The number of aromatic amines is 1. The van der Waals surface area contributed by atoms with Gasteiger partial charge < -0.3 is 14.6 Å². The standard InChI is InChI=1S/C35H31N3O2/c1-35(23-36,34(39)38-20-18-25(19-21-38)30-22-37-31-16-7-5-13-27(30)31)33(29-14-6-8-17-32(29)40-2)28-15-9-11-24-10-3-4-12-26(24)28/h3-18,22,33,37H,19-21H2,1-2H3/t33?,35-/m1/s1. The first-order valence-electron chi connectivity index (χ1n) is 13.6. The second-order valence-corrected chi connectivity index (χ2v) is 10.5. The van der Waals surface area contributed by atoms with Gasteiger partial charge in [-0.05, 0) is 47.4 Å². The van der Waals surface area contributed by atoms with Gasteiger partial charge in [-0.3, -0.25) is 4.79 Å². The second kappa shape index (κ2) is 10.4. The minimum absolute atomic E-state index is 0.173. The number of hydrogen-bond acceptors (Lipinski definition) is 3. The predicted molar refractivity (Wildman–Crippen MR) is 160 cm³/mol. The summed E-state index contributed by atoms with van der Waals surface area (Å²) in [6.07, 6.45) is 4.90. The van der Waals surface area contributed by atoms with Gasteiger partial charge in [-0.15, -0.1) is 0 Å². The number of hydrogen-bond donors (Lipinski definition) is 1. The van der Waals surface area contributed by atoms with Crippen molar-refractivity contribution in [2.24, 2.45) is 5.41 Å². The topological polar surface area (TPSA) is 69.1 Å². The molecule has 1 aromatic heterocycles. The fraction of sp³-hybridized carbons (Fsp3) is 0.200. The maximum atomic E-state index is 14.4. The highest BCUT2D eigenvalue weighted by molar-refractivity contribution is 5.94. The lowest BCUT2D eigenvalue weighted by Crippen LogP contribution is -2.46. The van der Waals surface area contributed by atoms with Crippen molar-refractivity contribution >= 4 is 33.2 Å². The van der Waals surface area contributed by atoms with Crippen LogP contribution in [0.1, 0.15) is 36.0 Å². The number of nitrogens with zero attached hydrogens (tertiary/aromatic N) is 2. The van der Waals surface area contributed by atoms with Gasteiger partial charge in [0.1, 0.15) is 11.2 Å². The number of benzene rings is 4. The highest BCUT2D eigenvalue weighted by Gasteiger charge is 2.47. The van der Waals surface area contributed by atoms with Gasteiger partial charge >= 0.3 is 0 Å². The molecule has 5 heteroatoms. The van der Waals surface area contributed by atoms with Gasteiger partial charge in [0, 0.05) is 47.2 Å². The number of H-pyrrole nitrogens is 1. The lowest BCUT2D eigenvalue weighted by atomic mass is 9.68. The van der Waals surface area contributed by atoms with E-state index in [9.17, 15) is 10.1 Å². The zero-order valence-corrected chi connectivity index (χ0v) is 22.7. The smallest absolute Gasteiger partial charge is 0.244 e. The number of ether oxygens (including phenoxy) is 1. The van der Waals surface area contributed by atoms with Crippen molar-refractivity contribution in [2.75, 3.05) is 20.2 Å². The van der Waals surface area contributed by atoms with Gasteiger partial charge in [-0.2, -0.15) is 5.26 Å². The van der Waals surface area contributed by atoms with E-state index < -0.39 is 11.3 Å². The van der Waals surface area contributed by atoms with Crippen LogP contribution in [0.3, 0.4) is 0 Å². The molecule has 198 valence electrons. The average Bonchev–Trinajstić information content (AvgIpc) is 3.45. The molecule has 2 atom stereocenters. The molecule has 0 aliphatic carbocycles. The van der Waals surface area contributed by atoms with Crippen molar-refractivity contribution in [2.45, 2.75) is 19.3 Å². The van der Waals surface area contributed by atoms with E-state index in [1.807, 2.05) is 71.8 Å². The highest BCUT2D eigenvalue weighted by atomic mass is 16.5. The lowest BCUT2D eigenvalue weighted by Gasteiger charge is -2.38. The van der Waals surface area contributed by atoms with Crippen LogP contribution in [-0.4, -0.2) is 36.0 Å². The molecule has 6 rings (SSSR count). The number of aromatic nitrogens is 1. The quantitative estimate of drug-likeness (QED) is 0.253. The molecule has 5 aromatic rings. The minimum Gasteiger partial charge on any atom is -0.496 e. The molecule has 5 nitrogen and oxygen atoms in total. The third-order valence-electron chi connectivity index (χ3n) is 8.27. The van der Waals surface area contributed by atoms with Crippen LogP contribution in [0.25, 0.3) is 27.2 Å². The normalized spacial score (nSPS) is 15.7. The van der Waals surface area contributed by atoms with Gasteiger partial charge in [0.15, 0.2) is 0 Å². The van der Waals surface area contributed by atoms with Crippen LogP contribution in [0.2, 0.25) is 0 Å². The van der Waals surface area contributed by atoms with E-state index in [1.54, 1.807) is 14.0 Å². The number of para-hydroxylation sites is 2. The Labute approximate surface area is 234 Å². The molecule has 0 spiro atoms. The molecule has 0 saturated carbocycles. The van der Waals surface area contributed by atoms with Crippen molar-refractivity contribution in [3.63, 3.8) is 0 Å². The Kier molecular flexibility index (Phi) is 6.61. The number of carbonyl (C=O) groups excluding carboxylic acids is 1. The molecule has 1 aliphatic rings. The molecule has 1 unspecified atom stereocenters. The molecule has 0 fully saturated rings.